The lowest BCUT2D eigenvalue weighted by molar-refractivity contribution is -0.150. The van der Waals surface area contributed by atoms with Crippen molar-refractivity contribution in [3.05, 3.63) is 119 Å². The predicted molar refractivity (Wildman–Crippen MR) is 392 cm³/mol. The van der Waals surface area contributed by atoms with E-state index in [1.807, 2.05) is 84.9 Å². The van der Waals surface area contributed by atoms with Gasteiger partial charge in [-0.3, -0.25) is 38.4 Å². The minimum atomic E-state index is -1.09. The molecule has 0 aliphatic heterocycles. The summed E-state index contributed by atoms with van der Waals surface area (Å²) >= 11 is 0. The van der Waals surface area contributed by atoms with E-state index in [0.717, 1.165) is 44.5 Å². The lowest BCUT2D eigenvalue weighted by Crippen LogP contribution is -2.35. The number of benzene rings is 4. The summed E-state index contributed by atoms with van der Waals surface area (Å²) in [5.74, 6) is 4.07. The summed E-state index contributed by atoms with van der Waals surface area (Å²) in [4.78, 5) is 100.0. The van der Waals surface area contributed by atoms with Crippen LogP contribution in [0.2, 0.25) is 0 Å². The van der Waals surface area contributed by atoms with Crippen molar-refractivity contribution in [1.82, 2.24) is 16.0 Å². The monoisotopic (exact) mass is 1450 g/mol. The number of carboxylic acids is 3. The number of fused-ring (bicyclic) bond motifs is 6. The van der Waals surface area contributed by atoms with E-state index in [-0.39, 0.29) is 192 Å². The van der Waals surface area contributed by atoms with Crippen molar-refractivity contribution in [2.24, 2.45) is 16.6 Å². The van der Waals surface area contributed by atoms with Crippen LogP contribution in [0.25, 0.3) is 22.3 Å². The predicted octanol–water partition coefficient (Wildman–Crippen LogP) is 7.33. The second-order valence-electron chi connectivity index (χ2n) is 24.7. The molecule has 0 heterocycles. The number of amides is 3. The summed E-state index contributed by atoms with van der Waals surface area (Å²) in [5, 5.41) is 36.0. The fourth-order valence-corrected chi connectivity index (χ4v) is 12.0. The number of rotatable bonds is 53. The van der Waals surface area contributed by atoms with Crippen molar-refractivity contribution in [1.29, 1.82) is 0 Å². The van der Waals surface area contributed by atoms with E-state index in [0.29, 0.717) is 72.6 Å². The highest BCUT2D eigenvalue weighted by molar-refractivity contribution is 5.82. The maximum absolute atomic E-state index is 14.0. The quantitative estimate of drug-likeness (QED) is 0.0129. The molecule has 2 aliphatic rings. The molecule has 0 atom stereocenters. The van der Waals surface area contributed by atoms with E-state index < -0.39 is 40.7 Å². The van der Waals surface area contributed by atoms with Crippen LogP contribution in [0.4, 0.5) is 0 Å². The molecule has 0 spiro atoms. The number of hydrogen-bond acceptors (Lipinski definition) is 19. The van der Waals surface area contributed by atoms with Gasteiger partial charge in [-0.1, -0.05) is 121 Å². The average Bonchev–Trinajstić information content (AvgIpc) is 1.63. The molecule has 0 bridgehead atoms. The van der Waals surface area contributed by atoms with Crippen LogP contribution in [-0.4, -0.2) is 208 Å². The van der Waals surface area contributed by atoms with E-state index in [4.69, 9.17) is 94.1 Å². The van der Waals surface area contributed by atoms with Crippen molar-refractivity contribution >= 4 is 47.6 Å². The Hall–Kier alpha value is -9.48. The minimum absolute atomic E-state index is 0.00686. The number of hydrogen-bond donors (Lipinski definition) is 7. The zero-order valence-electron chi connectivity index (χ0n) is 59.9. The lowest BCUT2D eigenvalue weighted by atomic mass is 9.72. The molecule has 2 aliphatic carbocycles. The first-order valence-corrected chi connectivity index (χ1v) is 35.1. The molecule has 0 aromatic heterocycles. The van der Waals surface area contributed by atoms with Crippen LogP contribution in [-0.2, 0) is 85.7 Å². The Morgan fingerprint density at radius 3 is 0.867 bits per heavy atom. The van der Waals surface area contributed by atoms with Crippen LogP contribution in [0, 0.1) is 60.2 Å². The van der Waals surface area contributed by atoms with Gasteiger partial charge in [0.15, 0.2) is 0 Å². The fraction of sp³-hybridized carbons (Fsp3) is 0.500. The molecule has 25 nitrogen and oxygen atoms in total. The molecule has 0 fully saturated rings. The van der Waals surface area contributed by atoms with Gasteiger partial charge in [0.25, 0.3) is 0 Å². The number of esters is 2. The van der Waals surface area contributed by atoms with Gasteiger partial charge in [0.05, 0.1) is 92.1 Å². The SMILES string of the molecule is C#CCOCCOCCN.C#CCOCCOCCNC(=O)CCC(CCC(=O)NCCOCCOCC#C)(CCC(=O)NCCOCCOCC#C)CC(=O)OCC1c2ccccc2-c2ccccc21.O=C(O)CCC(CCC(=O)O)(CCC(=O)O)CC(=O)OCC1c2ccccc2-c2ccccc21. The van der Waals surface area contributed by atoms with Crippen molar-refractivity contribution in [2.45, 2.75) is 102 Å². The zero-order valence-corrected chi connectivity index (χ0v) is 59.9. The first-order valence-electron chi connectivity index (χ1n) is 35.1. The Morgan fingerprint density at radius 1 is 0.362 bits per heavy atom. The number of nitrogens with two attached hydrogens (primary N) is 1. The Morgan fingerprint density at radius 2 is 0.610 bits per heavy atom. The lowest BCUT2D eigenvalue weighted by Gasteiger charge is -2.33. The summed E-state index contributed by atoms with van der Waals surface area (Å²) in [7, 11) is 0. The Balaban J connectivity index is 0.000000439. The Bertz CT molecular complexity index is 3250. The largest absolute Gasteiger partial charge is 0.481 e. The maximum atomic E-state index is 14.0. The number of carbonyl (C=O) groups excluding carboxylic acids is 5. The van der Waals surface area contributed by atoms with Gasteiger partial charge in [-0.2, -0.15) is 0 Å². The summed E-state index contributed by atoms with van der Waals surface area (Å²) < 4.78 is 53.7. The molecule has 4 aromatic rings. The molecule has 0 radical (unpaired) electrons. The van der Waals surface area contributed by atoms with Crippen LogP contribution < -0.4 is 21.7 Å². The Labute approximate surface area is 616 Å². The number of carbonyl (C=O) groups is 8. The van der Waals surface area contributed by atoms with Crippen LogP contribution in [0.3, 0.4) is 0 Å². The molecule has 0 saturated heterocycles. The van der Waals surface area contributed by atoms with Gasteiger partial charge < -0.3 is 84.4 Å². The fourth-order valence-electron chi connectivity index (χ4n) is 12.0. The van der Waals surface area contributed by atoms with Crippen molar-refractivity contribution in [3.63, 3.8) is 0 Å². The third kappa shape index (κ3) is 35.2. The number of nitrogens with one attached hydrogen (secondary N) is 3. The maximum Gasteiger partial charge on any atom is 0.306 e. The molecule has 105 heavy (non-hydrogen) atoms. The smallest absolute Gasteiger partial charge is 0.306 e. The molecule has 0 unspecified atom stereocenters. The number of ether oxygens (including phenoxy) is 10. The first-order chi connectivity index (χ1) is 50.9. The standard InChI is InChI=1S/C47H61N3O11.C26H28O8.C7H13NO2/c1-4-24-55-30-33-58-27-21-48-43(51)15-18-47(19-16-44(52)49-22-28-59-34-31-56-25-5-2,20-17-45(53)50-23-29-60-35-32-57-26-6-3)36-46(54)61-37-42-40-13-9-7-11-38(40)39-12-8-10-14-41(39)42;27-22(28)9-12-26(13-10-23(29)30,14-11-24(31)32)15-25(33)34-16-21-19-7-3-1-5-17(19)18-6-2-4-8-20(18)21;1-2-4-9-6-7-10-5-3-8/h1-3,7-14,42H,15-37H2,(H,48,51)(H,49,52)(H,50,53);1-8,21H,9-16H2,(H,27,28)(H,29,30)(H,31,32);1H,3-8H2. The molecule has 8 N–H and O–H groups in total. The topological polar surface area (TPSA) is 352 Å². The first kappa shape index (κ1) is 87.9. The van der Waals surface area contributed by atoms with Crippen LogP contribution in [0.15, 0.2) is 97.1 Å². The van der Waals surface area contributed by atoms with E-state index in [1.165, 1.54) is 0 Å². The second kappa shape index (κ2) is 52.5. The van der Waals surface area contributed by atoms with Gasteiger partial charge in [0.2, 0.25) is 17.7 Å². The molecule has 4 aromatic carbocycles. The summed E-state index contributed by atoms with van der Waals surface area (Å²) in [6.45, 7) is 6.92. The van der Waals surface area contributed by atoms with Crippen LogP contribution in [0.1, 0.15) is 124 Å². The summed E-state index contributed by atoms with van der Waals surface area (Å²) in [6, 6.07) is 31.9. The number of aliphatic carboxylic acids is 3. The number of terminal acetylenes is 4. The van der Waals surface area contributed by atoms with Crippen LogP contribution in [0.5, 0.6) is 0 Å². The second-order valence-corrected chi connectivity index (χ2v) is 24.7. The van der Waals surface area contributed by atoms with Gasteiger partial charge in [0, 0.05) is 76.5 Å². The summed E-state index contributed by atoms with van der Waals surface area (Å²) in [6.07, 6.45) is 20.0. The summed E-state index contributed by atoms with van der Waals surface area (Å²) in [5.41, 5.74) is 11.7. The van der Waals surface area contributed by atoms with Gasteiger partial charge in [-0.15, -0.1) is 25.7 Å². The van der Waals surface area contributed by atoms with Crippen molar-refractivity contribution in [2.75, 3.05) is 145 Å². The Kier molecular flexibility index (Phi) is 43.9. The van der Waals surface area contributed by atoms with Crippen LogP contribution >= 0.6 is 0 Å². The van der Waals surface area contributed by atoms with Gasteiger partial charge in [-0.25, -0.2) is 0 Å². The highest BCUT2D eigenvalue weighted by Crippen LogP contribution is 2.47. The van der Waals surface area contributed by atoms with Gasteiger partial charge in [-0.05, 0) is 93.9 Å². The molecule has 25 heteroatoms. The third-order valence-corrected chi connectivity index (χ3v) is 17.2. The highest BCUT2D eigenvalue weighted by atomic mass is 16.5. The van der Waals surface area contributed by atoms with E-state index in [9.17, 15) is 38.4 Å². The molecular formula is C80H102N4O21. The highest BCUT2D eigenvalue weighted by Gasteiger charge is 2.38. The van der Waals surface area contributed by atoms with Gasteiger partial charge >= 0.3 is 29.8 Å². The molecule has 6 rings (SSSR count). The molecule has 0 saturated carbocycles. The molecule has 3 amide bonds. The minimum Gasteiger partial charge on any atom is -0.481 e. The van der Waals surface area contributed by atoms with Crippen molar-refractivity contribution < 1.29 is 101 Å². The number of carboxylic acid groups (broad SMARTS) is 3. The normalized spacial score (nSPS) is 11.7. The van der Waals surface area contributed by atoms with E-state index in [2.05, 4.69) is 51.8 Å². The van der Waals surface area contributed by atoms with Gasteiger partial charge in [0.1, 0.15) is 39.6 Å². The molecule has 568 valence electrons. The van der Waals surface area contributed by atoms with Crippen molar-refractivity contribution in [3.8, 4) is 71.6 Å². The van der Waals surface area contributed by atoms with E-state index >= 15 is 0 Å². The zero-order chi connectivity index (χ0) is 76.2. The third-order valence-electron chi connectivity index (χ3n) is 17.2. The average molecular weight is 1460 g/mol. The molecular weight excluding hydrogens is 1350 g/mol. The van der Waals surface area contributed by atoms with E-state index in [1.54, 1.807) is 0 Å².